The molecule has 1 rings (SSSR count). The Morgan fingerprint density at radius 2 is 1.92 bits per heavy atom. The van der Waals surface area contributed by atoms with E-state index in [1.165, 1.54) is 6.08 Å². The lowest BCUT2D eigenvalue weighted by molar-refractivity contribution is -0.106. The zero-order valence-electron chi connectivity index (χ0n) is 6.84. The molecule has 1 aliphatic rings. The van der Waals surface area contributed by atoms with Gasteiger partial charge in [0.2, 0.25) is 6.41 Å². The maximum atomic E-state index is 11.8. The lowest BCUT2D eigenvalue weighted by Gasteiger charge is -2.09. The molecule has 0 aromatic heterocycles. The first kappa shape index (κ1) is 11.7. The van der Waals surface area contributed by atoms with Crippen molar-refractivity contribution >= 4 is 6.41 Å². The summed E-state index contributed by atoms with van der Waals surface area (Å²) in [7, 11) is 0. The SMILES string of the molecule is FC(F)(F)C1=CCCC=C1.NC=O. The van der Waals surface area contributed by atoms with Crippen molar-refractivity contribution in [1.82, 2.24) is 0 Å². The summed E-state index contributed by atoms with van der Waals surface area (Å²) in [4.78, 5) is 8.58. The molecule has 1 aliphatic carbocycles. The molecule has 0 saturated carbocycles. The highest BCUT2D eigenvalue weighted by Gasteiger charge is 2.31. The van der Waals surface area contributed by atoms with Gasteiger partial charge in [-0.2, -0.15) is 13.2 Å². The summed E-state index contributed by atoms with van der Waals surface area (Å²) in [6.45, 7) is 0. The van der Waals surface area contributed by atoms with Crippen molar-refractivity contribution in [2.24, 2.45) is 5.73 Å². The van der Waals surface area contributed by atoms with E-state index < -0.39 is 11.7 Å². The zero-order valence-corrected chi connectivity index (χ0v) is 6.84. The molecule has 0 radical (unpaired) electrons. The number of carbonyl (C=O) groups is 1. The second kappa shape index (κ2) is 5.40. The first-order chi connectivity index (χ1) is 6.02. The van der Waals surface area contributed by atoms with Gasteiger partial charge in [-0.1, -0.05) is 18.2 Å². The number of carbonyl (C=O) groups excluding carboxylic acids is 1. The molecule has 0 heterocycles. The second-order valence-electron chi connectivity index (χ2n) is 2.27. The van der Waals surface area contributed by atoms with Crippen LogP contribution in [0.2, 0.25) is 0 Å². The minimum atomic E-state index is -4.16. The molecule has 2 N–H and O–H groups in total. The van der Waals surface area contributed by atoms with Crippen LogP contribution in [-0.2, 0) is 4.79 Å². The predicted molar refractivity (Wildman–Crippen MR) is 42.8 cm³/mol. The zero-order chi connectivity index (χ0) is 10.3. The molecule has 0 bridgehead atoms. The second-order valence-corrected chi connectivity index (χ2v) is 2.27. The van der Waals surface area contributed by atoms with Crippen LogP contribution in [0.25, 0.3) is 0 Å². The standard InChI is InChI=1S/C7H7F3.CH3NO/c8-7(9,10)6-4-2-1-3-5-6;2-1-3/h2,4-5H,1,3H2;1H,(H2,2,3). The molecule has 1 amide bonds. The Bertz CT molecular complexity index is 218. The van der Waals surface area contributed by atoms with Crippen LogP contribution in [0, 0.1) is 0 Å². The molecule has 5 heteroatoms. The number of alkyl halides is 3. The minimum Gasteiger partial charge on any atom is -0.372 e. The Hall–Kier alpha value is -1.26. The van der Waals surface area contributed by atoms with Crippen LogP contribution in [0.15, 0.2) is 23.8 Å². The first-order valence-corrected chi connectivity index (χ1v) is 3.61. The molecule has 0 aliphatic heterocycles. The van der Waals surface area contributed by atoms with Gasteiger partial charge < -0.3 is 5.73 Å². The number of allylic oxidation sites excluding steroid dienone is 4. The fraction of sp³-hybridized carbons (Fsp3) is 0.375. The highest BCUT2D eigenvalue weighted by molar-refractivity contribution is 5.42. The molecule has 0 aromatic rings. The number of rotatable bonds is 0. The van der Waals surface area contributed by atoms with E-state index >= 15 is 0 Å². The van der Waals surface area contributed by atoms with E-state index in [0.29, 0.717) is 6.42 Å². The molecule has 13 heavy (non-hydrogen) atoms. The van der Waals surface area contributed by atoms with Crippen molar-refractivity contribution < 1.29 is 18.0 Å². The summed E-state index contributed by atoms with van der Waals surface area (Å²) >= 11 is 0. The summed E-state index contributed by atoms with van der Waals surface area (Å²) in [6, 6.07) is 0. The normalized spacial score (nSPS) is 15.5. The van der Waals surface area contributed by atoms with Crippen molar-refractivity contribution in [3.8, 4) is 0 Å². The van der Waals surface area contributed by atoms with E-state index in [9.17, 15) is 13.2 Å². The van der Waals surface area contributed by atoms with Gasteiger partial charge >= 0.3 is 6.18 Å². The van der Waals surface area contributed by atoms with Crippen molar-refractivity contribution in [1.29, 1.82) is 0 Å². The maximum absolute atomic E-state index is 11.8. The monoisotopic (exact) mass is 193 g/mol. The Morgan fingerprint density at radius 3 is 2.15 bits per heavy atom. The average molecular weight is 193 g/mol. The van der Waals surface area contributed by atoms with Crippen LogP contribution < -0.4 is 5.73 Å². The number of nitrogens with two attached hydrogens (primary N) is 1. The highest BCUT2D eigenvalue weighted by Crippen LogP contribution is 2.28. The molecule has 74 valence electrons. The lowest BCUT2D eigenvalue weighted by atomic mass is 10.1. The summed E-state index contributed by atoms with van der Waals surface area (Å²) in [5, 5.41) is 0. The predicted octanol–water partition coefficient (Wildman–Crippen LogP) is 1.93. The molecular weight excluding hydrogens is 183 g/mol. The molecule has 0 spiro atoms. The van der Waals surface area contributed by atoms with Gasteiger partial charge in [-0.25, -0.2) is 0 Å². The van der Waals surface area contributed by atoms with Crippen LogP contribution in [0.1, 0.15) is 12.8 Å². The largest absolute Gasteiger partial charge is 0.416 e. The minimum absolute atomic E-state index is 0.250. The summed E-state index contributed by atoms with van der Waals surface area (Å²) in [5.74, 6) is 0. The fourth-order valence-electron chi connectivity index (χ4n) is 0.824. The van der Waals surface area contributed by atoms with Gasteiger partial charge in [0.15, 0.2) is 0 Å². The Labute approximate surface area is 73.9 Å². The maximum Gasteiger partial charge on any atom is 0.416 e. The quantitative estimate of drug-likeness (QED) is 0.587. The average Bonchev–Trinajstić information content (AvgIpc) is 2.06. The smallest absolute Gasteiger partial charge is 0.372 e. The van der Waals surface area contributed by atoms with Gasteiger partial charge in [0.05, 0.1) is 5.57 Å². The fourth-order valence-corrected chi connectivity index (χ4v) is 0.824. The molecule has 0 aromatic carbocycles. The van der Waals surface area contributed by atoms with E-state index in [1.54, 1.807) is 6.08 Å². The Balaban J connectivity index is 0.000000424. The molecule has 0 saturated heterocycles. The first-order valence-electron chi connectivity index (χ1n) is 3.61. The van der Waals surface area contributed by atoms with E-state index in [2.05, 4.69) is 5.73 Å². The number of primary amides is 1. The van der Waals surface area contributed by atoms with Crippen molar-refractivity contribution in [2.45, 2.75) is 19.0 Å². The van der Waals surface area contributed by atoms with Crippen LogP contribution in [-0.4, -0.2) is 12.6 Å². The third-order valence-electron chi connectivity index (χ3n) is 1.32. The van der Waals surface area contributed by atoms with Crippen molar-refractivity contribution in [3.05, 3.63) is 23.8 Å². The summed E-state index contributed by atoms with van der Waals surface area (Å²) in [6.07, 6.45) is 1.22. The van der Waals surface area contributed by atoms with E-state index in [1.807, 2.05) is 0 Å². The molecule has 0 unspecified atom stereocenters. The molecular formula is C8H10F3NO. The van der Waals surface area contributed by atoms with Gasteiger partial charge in [0.1, 0.15) is 0 Å². The molecule has 0 atom stereocenters. The van der Waals surface area contributed by atoms with Gasteiger partial charge in [-0.05, 0) is 12.8 Å². The van der Waals surface area contributed by atoms with Crippen molar-refractivity contribution in [2.75, 3.05) is 0 Å². The highest BCUT2D eigenvalue weighted by atomic mass is 19.4. The van der Waals surface area contributed by atoms with Gasteiger partial charge in [0, 0.05) is 0 Å². The van der Waals surface area contributed by atoms with E-state index in [-0.39, 0.29) is 6.41 Å². The van der Waals surface area contributed by atoms with Crippen LogP contribution in [0.4, 0.5) is 13.2 Å². The van der Waals surface area contributed by atoms with E-state index in [4.69, 9.17) is 4.79 Å². The van der Waals surface area contributed by atoms with Crippen LogP contribution >= 0.6 is 0 Å². The summed E-state index contributed by atoms with van der Waals surface area (Å²) < 4.78 is 35.5. The number of amides is 1. The van der Waals surface area contributed by atoms with Gasteiger partial charge in [-0.3, -0.25) is 4.79 Å². The third kappa shape index (κ3) is 5.05. The van der Waals surface area contributed by atoms with Crippen LogP contribution in [0.3, 0.4) is 0 Å². The Kier molecular flexibility index (Phi) is 4.87. The van der Waals surface area contributed by atoms with Gasteiger partial charge in [-0.15, -0.1) is 0 Å². The molecule has 0 fully saturated rings. The van der Waals surface area contributed by atoms with E-state index in [0.717, 1.165) is 12.5 Å². The number of hydrogen-bond acceptors (Lipinski definition) is 1. The molecule has 2 nitrogen and oxygen atoms in total. The van der Waals surface area contributed by atoms with Crippen molar-refractivity contribution in [3.63, 3.8) is 0 Å². The third-order valence-corrected chi connectivity index (χ3v) is 1.32. The number of hydrogen-bond donors (Lipinski definition) is 1. The van der Waals surface area contributed by atoms with Crippen LogP contribution in [0.5, 0.6) is 0 Å². The lowest BCUT2D eigenvalue weighted by Crippen LogP contribution is -2.10. The Morgan fingerprint density at radius 1 is 1.38 bits per heavy atom. The van der Waals surface area contributed by atoms with Gasteiger partial charge in [0.25, 0.3) is 0 Å². The topological polar surface area (TPSA) is 43.1 Å². The summed E-state index contributed by atoms with van der Waals surface area (Å²) in [5.41, 5.74) is 3.65. The number of halogens is 3.